The van der Waals surface area contributed by atoms with Gasteiger partial charge in [-0.25, -0.2) is 0 Å². The van der Waals surface area contributed by atoms with Crippen molar-refractivity contribution in [2.24, 2.45) is 5.41 Å². The molecule has 7 heteroatoms. The van der Waals surface area contributed by atoms with E-state index in [0.29, 0.717) is 5.56 Å². The van der Waals surface area contributed by atoms with E-state index in [1.54, 1.807) is 44.2 Å². The Hall–Kier alpha value is -2.15. The largest absolute Gasteiger partial charge is 0.430 e. The first-order chi connectivity index (χ1) is 11.5. The molecule has 0 fully saturated rings. The van der Waals surface area contributed by atoms with Crippen LogP contribution < -0.4 is 0 Å². The number of rotatable bonds is 2. The number of benzene rings is 1. The highest BCUT2D eigenvalue weighted by molar-refractivity contribution is 6.11. The number of halogens is 3. The highest BCUT2D eigenvalue weighted by Gasteiger charge is 2.70. The molecule has 1 heterocycles. The van der Waals surface area contributed by atoms with Gasteiger partial charge in [-0.2, -0.15) is 13.2 Å². The van der Waals surface area contributed by atoms with E-state index in [1.165, 1.54) is 0 Å². The molecular formula is C18H18F3NO3. The van der Waals surface area contributed by atoms with Crippen LogP contribution in [0.25, 0.3) is 0 Å². The van der Waals surface area contributed by atoms with Gasteiger partial charge in [0.05, 0.1) is 12.1 Å². The Labute approximate surface area is 142 Å². The van der Waals surface area contributed by atoms with E-state index >= 15 is 0 Å². The molecule has 0 saturated carbocycles. The minimum absolute atomic E-state index is 0.0186. The molecule has 1 N–H and O–H groups in total. The van der Waals surface area contributed by atoms with E-state index in [9.17, 15) is 27.9 Å². The van der Waals surface area contributed by atoms with Gasteiger partial charge in [-0.05, 0) is 17.4 Å². The fraction of sp³-hybridized carbons (Fsp3) is 0.444. The molecule has 134 valence electrons. The molecule has 3 rings (SSSR count). The topological polar surface area (TPSA) is 57.6 Å². The number of carbonyl (C=O) groups is 2. The van der Waals surface area contributed by atoms with Gasteiger partial charge in [0.2, 0.25) is 0 Å². The monoisotopic (exact) mass is 353 g/mol. The summed E-state index contributed by atoms with van der Waals surface area (Å²) < 4.78 is 40.7. The Kier molecular flexibility index (Phi) is 3.83. The summed E-state index contributed by atoms with van der Waals surface area (Å²) in [5.41, 5.74) is -4.55. The van der Waals surface area contributed by atoms with Crippen LogP contribution >= 0.6 is 0 Å². The SMILES string of the molecule is CC1(C)CC(=O)C2=C(C1)N(Cc1ccccc1)C(=O)[C@]2(O)C(F)(F)F. The number of allylic oxidation sites excluding steroid dienone is 1. The summed E-state index contributed by atoms with van der Waals surface area (Å²) >= 11 is 0. The molecule has 25 heavy (non-hydrogen) atoms. The number of hydrogen-bond donors (Lipinski definition) is 1. The average Bonchev–Trinajstić information content (AvgIpc) is 2.69. The fourth-order valence-corrected chi connectivity index (χ4v) is 3.55. The predicted molar refractivity (Wildman–Crippen MR) is 83.0 cm³/mol. The minimum atomic E-state index is -5.26. The molecule has 0 aromatic heterocycles. The van der Waals surface area contributed by atoms with Crippen LogP contribution in [0.1, 0.15) is 32.3 Å². The second-order valence-electron chi connectivity index (χ2n) is 7.35. The lowest BCUT2D eigenvalue weighted by Crippen LogP contribution is -2.55. The second-order valence-corrected chi connectivity index (χ2v) is 7.35. The molecule has 0 radical (unpaired) electrons. The van der Waals surface area contributed by atoms with Crippen molar-refractivity contribution in [2.45, 2.75) is 45.0 Å². The highest BCUT2D eigenvalue weighted by atomic mass is 19.4. The van der Waals surface area contributed by atoms with Crippen LogP contribution in [0.15, 0.2) is 41.6 Å². The Bertz CT molecular complexity index is 768. The number of aliphatic hydroxyl groups is 1. The third kappa shape index (κ3) is 2.66. The first-order valence-electron chi connectivity index (χ1n) is 7.89. The smallest absolute Gasteiger partial charge is 0.368 e. The van der Waals surface area contributed by atoms with Crippen molar-refractivity contribution in [2.75, 3.05) is 0 Å². The molecular weight excluding hydrogens is 335 g/mol. The zero-order valence-electron chi connectivity index (χ0n) is 13.9. The average molecular weight is 353 g/mol. The van der Waals surface area contributed by atoms with Gasteiger partial charge in [0.25, 0.3) is 11.5 Å². The lowest BCUT2D eigenvalue weighted by molar-refractivity contribution is -0.238. The van der Waals surface area contributed by atoms with Gasteiger partial charge in [-0.15, -0.1) is 0 Å². The van der Waals surface area contributed by atoms with Crippen molar-refractivity contribution in [3.63, 3.8) is 0 Å². The van der Waals surface area contributed by atoms with Gasteiger partial charge in [-0.3, -0.25) is 9.59 Å². The number of alkyl halides is 3. The maximum absolute atomic E-state index is 13.6. The van der Waals surface area contributed by atoms with Gasteiger partial charge < -0.3 is 10.0 Å². The molecule has 1 aromatic rings. The predicted octanol–water partition coefficient (Wildman–Crippen LogP) is 2.97. The number of Topliss-reactive ketones (excluding diaryl/α,β-unsaturated/α-hetero) is 1. The highest BCUT2D eigenvalue weighted by Crippen LogP contribution is 2.51. The third-order valence-electron chi connectivity index (χ3n) is 4.69. The summed E-state index contributed by atoms with van der Waals surface area (Å²) in [6.07, 6.45) is -5.28. The molecule has 0 unspecified atom stereocenters. The summed E-state index contributed by atoms with van der Waals surface area (Å²) in [6.45, 7) is 3.38. The zero-order valence-corrected chi connectivity index (χ0v) is 13.9. The van der Waals surface area contributed by atoms with Crippen LogP contribution in [0.3, 0.4) is 0 Å². The van der Waals surface area contributed by atoms with E-state index in [0.717, 1.165) is 4.90 Å². The van der Waals surface area contributed by atoms with E-state index in [-0.39, 0.29) is 25.1 Å². The van der Waals surface area contributed by atoms with Crippen molar-refractivity contribution < 1.29 is 27.9 Å². The summed E-state index contributed by atoms with van der Waals surface area (Å²) in [5, 5.41) is 10.3. The van der Waals surface area contributed by atoms with Crippen molar-refractivity contribution in [1.29, 1.82) is 0 Å². The van der Waals surface area contributed by atoms with E-state index < -0.39 is 34.5 Å². The maximum atomic E-state index is 13.6. The van der Waals surface area contributed by atoms with Crippen LogP contribution in [-0.2, 0) is 16.1 Å². The van der Waals surface area contributed by atoms with Gasteiger partial charge in [0, 0.05) is 12.1 Å². The van der Waals surface area contributed by atoms with Crippen LogP contribution in [0.5, 0.6) is 0 Å². The van der Waals surface area contributed by atoms with Crippen LogP contribution in [-0.4, -0.2) is 33.5 Å². The normalized spacial score (nSPS) is 26.2. The first kappa shape index (κ1) is 17.7. The number of ketones is 1. The maximum Gasteiger partial charge on any atom is 0.430 e. The lowest BCUT2D eigenvalue weighted by Gasteiger charge is -2.33. The third-order valence-corrected chi connectivity index (χ3v) is 4.69. The van der Waals surface area contributed by atoms with Crippen molar-refractivity contribution in [3.05, 3.63) is 47.2 Å². The van der Waals surface area contributed by atoms with Gasteiger partial charge in [-0.1, -0.05) is 44.2 Å². The number of hydrogen-bond acceptors (Lipinski definition) is 3. The van der Waals surface area contributed by atoms with Crippen molar-refractivity contribution in [1.82, 2.24) is 4.90 Å². The van der Waals surface area contributed by atoms with Crippen molar-refractivity contribution >= 4 is 11.7 Å². The standard InChI is InChI=1S/C18H18F3NO3/c1-16(2)8-12-14(13(23)9-16)17(25,18(19,20)21)15(24)22(12)10-11-6-4-3-5-7-11/h3-7,25H,8-10H2,1-2H3/t17-/m0/s1. The first-order valence-corrected chi connectivity index (χ1v) is 7.89. The number of carbonyl (C=O) groups excluding carboxylic acids is 2. The van der Waals surface area contributed by atoms with Crippen molar-refractivity contribution in [3.8, 4) is 0 Å². The van der Waals surface area contributed by atoms with Crippen LogP contribution in [0.4, 0.5) is 13.2 Å². The van der Waals surface area contributed by atoms with E-state index in [1.807, 2.05) is 0 Å². The lowest BCUT2D eigenvalue weighted by atomic mass is 9.73. The minimum Gasteiger partial charge on any atom is -0.368 e. The summed E-state index contributed by atoms with van der Waals surface area (Å²) in [7, 11) is 0. The van der Waals surface area contributed by atoms with E-state index in [4.69, 9.17) is 0 Å². The van der Waals surface area contributed by atoms with E-state index in [2.05, 4.69) is 0 Å². The molecule has 2 aliphatic rings. The molecule has 1 aliphatic carbocycles. The molecule has 0 bridgehead atoms. The number of amides is 1. The molecule has 0 spiro atoms. The Morgan fingerprint density at radius 3 is 2.28 bits per heavy atom. The summed E-state index contributed by atoms with van der Waals surface area (Å²) in [5.74, 6) is -2.32. The Morgan fingerprint density at radius 1 is 1.12 bits per heavy atom. The zero-order chi connectivity index (χ0) is 18.6. The molecule has 1 aliphatic heterocycles. The van der Waals surface area contributed by atoms with Gasteiger partial charge >= 0.3 is 6.18 Å². The van der Waals surface area contributed by atoms with Crippen LogP contribution in [0, 0.1) is 5.41 Å². The quantitative estimate of drug-likeness (QED) is 0.889. The molecule has 4 nitrogen and oxygen atoms in total. The van der Waals surface area contributed by atoms with Gasteiger partial charge in [0.1, 0.15) is 0 Å². The Morgan fingerprint density at radius 2 is 1.72 bits per heavy atom. The molecule has 1 amide bonds. The molecule has 0 saturated heterocycles. The number of nitrogens with zero attached hydrogens (tertiary/aromatic N) is 1. The molecule has 1 aromatic carbocycles. The second kappa shape index (κ2) is 5.42. The molecule has 1 atom stereocenters. The Balaban J connectivity index is 2.13. The van der Waals surface area contributed by atoms with Gasteiger partial charge in [0.15, 0.2) is 5.78 Å². The van der Waals surface area contributed by atoms with Crippen LogP contribution in [0.2, 0.25) is 0 Å². The summed E-state index contributed by atoms with van der Waals surface area (Å²) in [6, 6.07) is 8.51. The summed E-state index contributed by atoms with van der Waals surface area (Å²) in [4.78, 5) is 25.9. The fourth-order valence-electron chi connectivity index (χ4n) is 3.55.